The third-order valence-corrected chi connectivity index (χ3v) is 4.02. The lowest BCUT2D eigenvalue weighted by Crippen LogP contribution is -1.97. The largest absolute Gasteiger partial charge is 0.497 e. The van der Waals surface area contributed by atoms with Crippen molar-refractivity contribution < 1.29 is 9.47 Å². The van der Waals surface area contributed by atoms with Gasteiger partial charge in [0, 0.05) is 5.02 Å². The molecule has 0 spiro atoms. The van der Waals surface area contributed by atoms with Gasteiger partial charge >= 0.3 is 0 Å². The van der Waals surface area contributed by atoms with Gasteiger partial charge in [-0.3, -0.25) is 0 Å². The molecule has 0 heterocycles. The standard InChI is InChI=1S/C16H16Cl2O2/c1-10-4-5-11(8-15(10)20-3)16(18)13-7-6-12(19-2)9-14(13)17/h4-9,16H,1-3H3. The lowest BCUT2D eigenvalue weighted by Gasteiger charge is -2.15. The van der Waals surface area contributed by atoms with Gasteiger partial charge in [0.25, 0.3) is 0 Å². The zero-order valence-electron chi connectivity index (χ0n) is 11.6. The van der Waals surface area contributed by atoms with Crippen molar-refractivity contribution in [1.29, 1.82) is 0 Å². The number of hydrogen-bond acceptors (Lipinski definition) is 2. The maximum atomic E-state index is 6.53. The molecule has 106 valence electrons. The monoisotopic (exact) mass is 310 g/mol. The molecule has 0 bridgehead atoms. The Morgan fingerprint density at radius 2 is 1.75 bits per heavy atom. The number of halogens is 2. The van der Waals surface area contributed by atoms with Crippen LogP contribution in [0.3, 0.4) is 0 Å². The molecule has 1 atom stereocenters. The van der Waals surface area contributed by atoms with Gasteiger partial charge in [-0.1, -0.05) is 29.8 Å². The second kappa shape index (κ2) is 6.38. The van der Waals surface area contributed by atoms with Gasteiger partial charge in [-0.15, -0.1) is 11.6 Å². The Kier molecular flexibility index (Phi) is 4.79. The summed E-state index contributed by atoms with van der Waals surface area (Å²) in [7, 11) is 3.25. The first-order chi connectivity index (χ1) is 9.56. The average molecular weight is 311 g/mol. The van der Waals surface area contributed by atoms with E-state index in [2.05, 4.69) is 0 Å². The molecule has 2 nitrogen and oxygen atoms in total. The molecule has 2 rings (SSSR count). The first kappa shape index (κ1) is 15.0. The van der Waals surface area contributed by atoms with E-state index in [0.717, 1.165) is 22.4 Å². The number of alkyl halides is 1. The smallest absolute Gasteiger partial charge is 0.122 e. The molecule has 2 aromatic carbocycles. The van der Waals surface area contributed by atoms with E-state index in [9.17, 15) is 0 Å². The number of hydrogen-bond donors (Lipinski definition) is 0. The van der Waals surface area contributed by atoms with Crippen molar-refractivity contribution in [3.8, 4) is 11.5 Å². The maximum absolute atomic E-state index is 6.53. The van der Waals surface area contributed by atoms with Gasteiger partial charge in [0.2, 0.25) is 0 Å². The fourth-order valence-corrected chi connectivity index (χ4v) is 2.68. The van der Waals surface area contributed by atoms with Crippen LogP contribution >= 0.6 is 23.2 Å². The molecule has 4 heteroatoms. The minimum atomic E-state index is -0.331. The molecule has 0 amide bonds. The van der Waals surface area contributed by atoms with Crippen molar-refractivity contribution in [2.24, 2.45) is 0 Å². The molecule has 0 aromatic heterocycles. The number of rotatable bonds is 4. The van der Waals surface area contributed by atoms with Crippen LogP contribution in [-0.4, -0.2) is 14.2 Å². The van der Waals surface area contributed by atoms with E-state index in [-0.39, 0.29) is 5.38 Å². The van der Waals surface area contributed by atoms with E-state index in [1.54, 1.807) is 20.3 Å². The lowest BCUT2D eigenvalue weighted by atomic mass is 10.0. The molecule has 0 fully saturated rings. The predicted octanol–water partition coefficient (Wildman–Crippen LogP) is 4.99. The number of methoxy groups -OCH3 is 2. The molecule has 20 heavy (non-hydrogen) atoms. The Hall–Kier alpha value is -1.38. The molecule has 0 radical (unpaired) electrons. The molecular weight excluding hydrogens is 295 g/mol. The minimum absolute atomic E-state index is 0.331. The molecule has 1 unspecified atom stereocenters. The summed E-state index contributed by atoms with van der Waals surface area (Å²) in [4.78, 5) is 0. The summed E-state index contributed by atoms with van der Waals surface area (Å²) in [5.74, 6) is 1.53. The molecule has 0 aliphatic heterocycles. The molecule has 0 N–H and O–H groups in total. The van der Waals surface area contributed by atoms with Crippen molar-refractivity contribution in [2.45, 2.75) is 12.3 Å². The lowest BCUT2D eigenvalue weighted by molar-refractivity contribution is 0.411. The van der Waals surface area contributed by atoms with Gasteiger partial charge in [0.05, 0.1) is 19.6 Å². The molecular formula is C16H16Cl2O2. The summed E-state index contributed by atoms with van der Waals surface area (Å²) in [6.07, 6.45) is 0. The van der Waals surface area contributed by atoms with Crippen molar-refractivity contribution in [2.75, 3.05) is 14.2 Å². The van der Waals surface area contributed by atoms with Crippen molar-refractivity contribution >= 4 is 23.2 Å². The van der Waals surface area contributed by atoms with Gasteiger partial charge in [-0.2, -0.15) is 0 Å². The first-order valence-electron chi connectivity index (χ1n) is 6.19. The van der Waals surface area contributed by atoms with Gasteiger partial charge < -0.3 is 9.47 Å². The van der Waals surface area contributed by atoms with Gasteiger partial charge in [0.1, 0.15) is 11.5 Å². The van der Waals surface area contributed by atoms with E-state index in [0.29, 0.717) is 10.8 Å². The number of aryl methyl sites for hydroxylation is 1. The highest BCUT2D eigenvalue weighted by Crippen LogP contribution is 2.37. The quantitative estimate of drug-likeness (QED) is 0.740. The van der Waals surface area contributed by atoms with Crippen LogP contribution in [0.4, 0.5) is 0 Å². The second-order valence-corrected chi connectivity index (χ2v) is 5.32. The Morgan fingerprint density at radius 1 is 1.00 bits per heavy atom. The van der Waals surface area contributed by atoms with Gasteiger partial charge in [-0.25, -0.2) is 0 Å². The number of benzene rings is 2. The van der Waals surface area contributed by atoms with Gasteiger partial charge in [0.15, 0.2) is 0 Å². The molecule has 0 saturated carbocycles. The van der Waals surface area contributed by atoms with Crippen molar-refractivity contribution in [3.05, 3.63) is 58.1 Å². The van der Waals surface area contributed by atoms with E-state index < -0.39 is 0 Å². The summed E-state index contributed by atoms with van der Waals surface area (Å²) in [6.45, 7) is 1.99. The third-order valence-electron chi connectivity index (χ3n) is 3.21. The summed E-state index contributed by atoms with van der Waals surface area (Å²) in [5.41, 5.74) is 2.86. The first-order valence-corrected chi connectivity index (χ1v) is 7.00. The summed E-state index contributed by atoms with van der Waals surface area (Å²) in [6, 6.07) is 11.4. The van der Waals surface area contributed by atoms with Crippen LogP contribution in [0.5, 0.6) is 11.5 Å². The normalized spacial score (nSPS) is 12.1. The van der Waals surface area contributed by atoms with Crippen molar-refractivity contribution in [1.82, 2.24) is 0 Å². The highest BCUT2D eigenvalue weighted by Gasteiger charge is 2.16. The fraction of sp³-hybridized carbons (Fsp3) is 0.250. The summed E-state index contributed by atoms with van der Waals surface area (Å²) < 4.78 is 10.5. The minimum Gasteiger partial charge on any atom is -0.497 e. The second-order valence-electron chi connectivity index (χ2n) is 4.48. The summed E-state index contributed by atoms with van der Waals surface area (Å²) in [5, 5.41) is 0.256. The molecule has 0 aliphatic rings. The van der Waals surface area contributed by atoms with E-state index in [1.165, 1.54) is 0 Å². The van der Waals surface area contributed by atoms with Crippen LogP contribution < -0.4 is 9.47 Å². The van der Waals surface area contributed by atoms with Crippen LogP contribution in [0, 0.1) is 6.92 Å². The van der Waals surface area contributed by atoms with E-state index in [1.807, 2.05) is 37.3 Å². The van der Waals surface area contributed by atoms with Crippen LogP contribution in [0.2, 0.25) is 5.02 Å². The van der Waals surface area contributed by atoms with Crippen LogP contribution in [-0.2, 0) is 0 Å². The maximum Gasteiger partial charge on any atom is 0.122 e. The molecule has 2 aromatic rings. The van der Waals surface area contributed by atoms with E-state index >= 15 is 0 Å². The Bertz CT molecular complexity index is 611. The Balaban J connectivity index is 2.38. The topological polar surface area (TPSA) is 18.5 Å². The third kappa shape index (κ3) is 3.02. The predicted molar refractivity (Wildman–Crippen MR) is 83.4 cm³/mol. The zero-order chi connectivity index (χ0) is 14.7. The Labute approximate surface area is 129 Å². The van der Waals surface area contributed by atoms with E-state index in [4.69, 9.17) is 32.7 Å². The SMILES string of the molecule is COc1ccc(C(Cl)c2ccc(C)c(OC)c2)c(Cl)c1. The van der Waals surface area contributed by atoms with Gasteiger partial charge in [-0.05, 0) is 41.8 Å². The highest BCUT2D eigenvalue weighted by molar-refractivity contribution is 6.33. The summed E-state index contributed by atoms with van der Waals surface area (Å²) >= 11 is 12.8. The van der Waals surface area contributed by atoms with Crippen LogP contribution in [0.1, 0.15) is 22.1 Å². The zero-order valence-corrected chi connectivity index (χ0v) is 13.1. The highest BCUT2D eigenvalue weighted by atomic mass is 35.5. The average Bonchev–Trinajstić information content (AvgIpc) is 2.47. The van der Waals surface area contributed by atoms with Crippen molar-refractivity contribution in [3.63, 3.8) is 0 Å². The molecule has 0 aliphatic carbocycles. The molecule has 0 saturated heterocycles. The Morgan fingerprint density at radius 3 is 2.35 bits per heavy atom. The van der Waals surface area contributed by atoms with Crippen LogP contribution in [0.25, 0.3) is 0 Å². The fourth-order valence-electron chi connectivity index (χ4n) is 2.01. The number of ether oxygens (including phenoxy) is 2. The van der Waals surface area contributed by atoms with Crippen LogP contribution in [0.15, 0.2) is 36.4 Å².